The number of rotatable bonds is 9. The first-order valence-corrected chi connectivity index (χ1v) is 7.62. The molecule has 2 unspecified atom stereocenters. The summed E-state index contributed by atoms with van der Waals surface area (Å²) in [5, 5.41) is 3.32. The van der Waals surface area contributed by atoms with E-state index < -0.39 is 0 Å². The average Bonchev–Trinajstić information content (AvgIpc) is 2.85. The van der Waals surface area contributed by atoms with Crippen molar-refractivity contribution in [3.8, 4) is 0 Å². The SMILES string of the molecule is CCCCCCC(C)OC(=O)CCC1CCNC1. The Bertz CT molecular complexity index is 225. The van der Waals surface area contributed by atoms with Crippen LogP contribution in [-0.2, 0) is 9.53 Å². The fourth-order valence-corrected chi connectivity index (χ4v) is 2.48. The van der Waals surface area contributed by atoms with E-state index in [1.165, 1.54) is 32.1 Å². The minimum atomic E-state index is -0.00936. The topological polar surface area (TPSA) is 38.3 Å². The summed E-state index contributed by atoms with van der Waals surface area (Å²) in [7, 11) is 0. The molecule has 1 aliphatic rings. The van der Waals surface area contributed by atoms with Gasteiger partial charge in [-0.3, -0.25) is 4.79 Å². The Morgan fingerprint density at radius 1 is 1.39 bits per heavy atom. The molecule has 3 heteroatoms. The second-order valence-electron chi connectivity index (χ2n) is 5.55. The predicted molar refractivity (Wildman–Crippen MR) is 74.5 cm³/mol. The first kappa shape index (κ1) is 15.5. The first-order chi connectivity index (χ1) is 8.72. The molecule has 2 atom stereocenters. The van der Waals surface area contributed by atoms with Crippen molar-refractivity contribution in [1.29, 1.82) is 0 Å². The normalized spacial score (nSPS) is 20.9. The molecule has 0 radical (unpaired) electrons. The molecule has 0 saturated carbocycles. The molecule has 1 saturated heterocycles. The third-order valence-electron chi connectivity index (χ3n) is 3.72. The van der Waals surface area contributed by atoms with Gasteiger partial charge in [0.05, 0.1) is 6.10 Å². The predicted octanol–water partition coefficient (Wildman–Crippen LogP) is 3.28. The Balaban J connectivity index is 2.00. The molecule has 18 heavy (non-hydrogen) atoms. The first-order valence-electron chi connectivity index (χ1n) is 7.62. The maximum Gasteiger partial charge on any atom is 0.306 e. The molecule has 0 bridgehead atoms. The minimum Gasteiger partial charge on any atom is -0.463 e. The van der Waals surface area contributed by atoms with Gasteiger partial charge in [0.1, 0.15) is 0 Å². The maximum atomic E-state index is 11.7. The summed E-state index contributed by atoms with van der Waals surface area (Å²) < 4.78 is 5.43. The quantitative estimate of drug-likeness (QED) is 0.507. The van der Waals surface area contributed by atoms with Crippen molar-refractivity contribution in [3.05, 3.63) is 0 Å². The highest BCUT2D eigenvalue weighted by atomic mass is 16.5. The average molecular weight is 255 g/mol. The van der Waals surface area contributed by atoms with Crippen molar-refractivity contribution in [1.82, 2.24) is 5.32 Å². The van der Waals surface area contributed by atoms with Crippen molar-refractivity contribution >= 4 is 5.97 Å². The zero-order chi connectivity index (χ0) is 13.2. The molecular formula is C15H29NO2. The molecule has 0 aromatic carbocycles. The Labute approximate surface area is 112 Å². The molecule has 3 nitrogen and oxygen atoms in total. The van der Waals surface area contributed by atoms with Crippen molar-refractivity contribution in [2.24, 2.45) is 5.92 Å². The van der Waals surface area contributed by atoms with E-state index in [0.717, 1.165) is 25.9 Å². The van der Waals surface area contributed by atoms with Crippen LogP contribution in [0, 0.1) is 5.92 Å². The van der Waals surface area contributed by atoms with Crippen molar-refractivity contribution in [3.63, 3.8) is 0 Å². The lowest BCUT2D eigenvalue weighted by Crippen LogP contribution is -2.16. The Morgan fingerprint density at radius 2 is 2.22 bits per heavy atom. The highest BCUT2D eigenvalue weighted by molar-refractivity contribution is 5.69. The van der Waals surface area contributed by atoms with Gasteiger partial charge in [0.25, 0.3) is 0 Å². The fourth-order valence-electron chi connectivity index (χ4n) is 2.48. The molecular weight excluding hydrogens is 226 g/mol. The van der Waals surface area contributed by atoms with E-state index >= 15 is 0 Å². The van der Waals surface area contributed by atoms with Gasteiger partial charge in [-0.05, 0) is 51.6 Å². The third-order valence-corrected chi connectivity index (χ3v) is 3.72. The van der Waals surface area contributed by atoms with Gasteiger partial charge in [0, 0.05) is 6.42 Å². The molecule has 1 rings (SSSR count). The highest BCUT2D eigenvalue weighted by Crippen LogP contribution is 2.15. The van der Waals surface area contributed by atoms with Crippen LogP contribution in [0.25, 0.3) is 0 Å². The van der Waals surface area contributed by atoms with E-state index in [1.54, 1.807) is 0 Å². The lowest BCUT2D eigenvalue weighted by molar-refractivity contribution is -0.148. The van der Waals surface area contributed by atoms with Crippen LogP contribution in [0.3, 0.4) is 0 Å². The minimum absolute atomic E-state index is 0.00936. The van der Waals surface area contributed by atoms with Gasteiger partial charge in [-0.1, -0.05) is 26.2 Å². The molecule has 1 aliphatic heterocycles. The van der Waals surface area contributed by atoms with Crippen LogP contribution in [0.1, 0.15) is 65.2 Å². The van der Waals surface area contributed by atoms with Crippen LogP contribution in [0.5, 0.6) is 0 Å². The molecule has 1 heterocycles. The smallest absolute Gasteiger partial charge is 0.306 e. The summed E-state index contributed by atoms with van der Waals surface area (Å²) in [6, 6.07) is 0. The summed E-state index contributed by atoms with van der Waals surface area (Å²) in [6.07, 6.45) is 8.85. The number of carbonyl (C=O) groups excluding carboxylic acids is 1. The van der Waals surface area contributed by atoms with E-state index in [2.05, 4.69) is 12.2 Å². The molecule has 0 aliphatic carbocycles. The van der Waals surface area contributed by atoms with Crippen LogP contribution in [0.4, 0.5) is 0 Å². The summed E-state index contributed by atoms with van der Waals surface area (Å²) in [5.74, 6) is 0.669. The number of esters is 1. The van der Waals surface area contributed by atoms with Gasteiger partial charge >= 0.3 is 5.97 Å². The van der Waals surface area contributed by atoms with Gasteiger partial charge in [-0.15, -0.1) is 0 Å². The van der Waals surface area contributed by atoms with Gasteiger partial charge in [-0.2, -0.15) is 0 Å². The number of hydrogen-bond acceptors (Lipinski definition) is 3. The summed E-state index contributed by atoms with van der Waals surface area (Å²) in [6.45, 7) is 6.40. The summed E-state index contributed by atoms with van der Waals surface area (Å²) in [5.41, 5.74) is 0. The van der Waals surface area contributed by atoms with E-state index in [9.17, 15) is 4.79 Å². The zero-order valence-electron chi connectivity index (χ0n) is 12.0. The number of unbranched alkanes of at least 4 members (excludes halogenated alkanes) is 3. The third kappa shape index (κ3) is 7.00. The van der Waals surface area contributed by atoms with Crippen molar-refractivity contribution < 1.29 is 9.53 Å². The van der Waals surface area contributed by atoms with E-state index in [-0.39, 0.29) is 12.1 Å². The van der Waals surface area contributed by atoms with Crippen LogP contribution in [-0.4, -0.2) is 25.2 Å². The van der Waals surface area contributed by atoms with Crippen LogP contribution >= 0.6 is 0 Å². The summed E-state index contributed by atoms with van der Waals surface area (Å²) in [4.78, 5) is 11.7. The number of nitrogens with one attached hydrogen (secondary N) is 1. The zero-order valence-corrected chi connectivity index (χ0v) is 12.0. The Hall–Kier alpha value is -0.570. The second-order valence-corrected chi connectivity index (χ2v) is 5.55. The van der Waals surface area contributed by atoms with E-state index in [0.29, 0.717) is 12.3 Å². The molecule has 0 aromatic rings. The van der Waals surface area contributed by atoms with Crippen molar-refractivity contribution in [2.45, 2.75) is 71.3 Å². The molecule has 1 fully saturated rings. The Kier molecular flexibility index (Phi) is 8.06. The molecule has 0 amide bonds. The Morgan fingerprint density at radius 3 is 2.89 bits per heavy atom. The van der Waals surface area contributed by atoms with Gasteiger partial charge < -0.3 is 10.1 Å². The van der Waals surface area contributed by atoms with Crippen LogP contribution in [0.15, 0.2) is 0 Å². The lowest BCUT2D eigenvalue weighted by Gasteiger charge is -2.14. The van der Waals surface area contributed by atoms with Crippen molar-refractivity contribution in [2.75, 3.05) is 13.1 Å². The number of carbonyl (C=O) groups is 1. The van der Waals surface area contributed by atoms with Gasteiger partial charge in [0.15, 0.2) is 0 Å². The van der Waals surface area contributed by atoms with Gasteiger partial charge in [0.2, 0.25) is 0 Å². The second kappa shape index (κ2) is 9.37. The molecule has 0 aromatic heterocycles. The van der Waals surface area contributed by atoms with Crippen LogP contribution in [0.2, 0.25) is 0 Å². The standard InChI is InChI=1S/C15H29NO2/c1-3-4-5-6-7-13(2)18-15(17)9-8-14-10-11-16-12-14/h13-14,16H,3-12H2,1-2H3. The lowest BCUT2D eigenvalue weighted by atomic mass is 10.0. The highest BCUT2D eigenvalue weighted by Gasteiger charge is 2.17. The largest absolute Gasteiger partial charge is 0.463 e. The van der Waals surface area contributed by atoms with E-state index in [4.69, 9.17) is 4.74 Å². The van der Waals surface area contributed by atoms with Gasteiger partial charge in [-0.25, -0.2) is 0 Å². The number of hydrogen-bond donors (Lipinski definition) is 1. The monoisotopic (exact) mass is 255 g/mol. The molecule has 1 N–H and O–H groups in total. The molecule has 0 spiro atoms. The van der Waals surface area contributed by atoms with E-state index in [1.807, 2.05) is 6.92 Å². The fraction of sp³-hybridized carbons (Fsp3) is 0.933. The maximum absolute atomic E-state index is 11.7. The summed E-state index contributed by atoms with van der Waals surface area (Å²) >= 11 is 0. The number of ether oxygens (including phenoxy) is 1. The van der Waals surface area contributed by atoms with Crippen LogP contribution < -0.4 is 5.32 Å². The molecule has 106 valence electrons.